The molecule has 0 aliphatic carbocycles. The number of primary sulfonamides is 1. The van der Waals surface area contributed by atoms with E-state index in [9.17, 15) is 13.2 Å². The summed E-state index contributed by atoms with van der Waals surface area (Å²) in [5.41, 5.74) is 4.47. The molecule has 0 radical (unpaired) electrons. The Labute approximate surface area is 218 Å². The van der Waals surface area contributed by atoms with Crippen molar-refractivity contribution in [2.24, 2.45) is 5.14 Å². The van der Waals surface area contributed by atoms with Gasteiger partial charge in [0.15, 0.2) is 11.4 Å². The number of benzene rings is 2. The topological polar surface area (TPSA) is 185 Å². The van der Waals surface area contributed by atoms with Crippen molar-refractivity contribution in [1.82, 2.24) is 0 Å². The van der Waals surface area contributed by atoms with Crippen LogP contribution in [-0.4, -0.2) is 14.3 Å². The van der Waals surface area contributed by atoms with Gasteiger partial charge in [-0.1, -0.05) is 70.2 Å². The summed E-state index contributed by atoms with van der Waals surface area (Å²) in [5.74, 6) is 0.0451. The molecule has 0 aliphatic rings. The molecule has 3 rings (SSSR count). The maximum absolute atomic E-state index is 13.0. The van der Waals surface area contributed by atoms with Crippen LogP contribution in [0.1, 0.15) is 50.9 Å². The summed E-state index contributed by atoms with van der Waals surface area (Å²) in [6.45, 7) is 8.45. The summed E-state index contributed by atoms with van der Waals surface area (Å²) in [7, 11) is -8.90. The van der Waals surface area contributed by atoms with Crippen LogP contribution >= 0.6 is 0 Å². The zero-order valence-electron chi connectivity index (χ0n) is 20.9. The summed E-state index contributed by atoms with van der Waals surface area (Å²) in [6.07, 6.45) is 0. The zero-order valence-corrected chi connectivity index (χ0v) is 22.5. The Bertz CT molecular complexity index is 1290. The van der Waals surface area contributed by atoms with E-state index in [-0.39, 0.29) is 34.9 Å². The van der Waals surface area contributed by atoms with E-state index in [0.29, 0.717) is 0 Å². The van der Waals surface area contributed by atoms with E-state index < -0.39 is 20.3 Å². The Morgan fingerprint density at radius 2 is 1.32 bits per heavy atom. The third-order valence-electron chi connectivity index (χ3n) is 5.29. The second-order valence-corrected chi connectivity index (χ2v) is 11.1. The largest absolute Gasteiger partial charge is 0.319 e. The number of pyridine rings is 1. The highest BCUT2D eigenvalue weighted by Gasteiger charge is 2.27. The van der Waals surface area contributed by atoms with Crippen molar-refractivity contribution in [2.45, 2.75) is 51.0 Å². The van der Waals surface area contributed by atoms with Crippen molar-refractivity contribution < 1.29 is 46.7 Å². The fourth-order valence-electron chi connectivity index (χ4n) is 3.75. The van der Waals surface area contributed by atoms with Crippen LogP contribution in [0, 0.1) is 10.2 Å². The van der Waals surface area contributed by atoms with Gasteiger partial charge in [0, 0.05) is 24.0 Å². The van der Waals surface area contributed by atoms with Gasteiger partial charge in [0.05, 0.1) is 5.69 Å². The number of hydrogen-bond acceptors (Lipinski definition) is 7. The molecule has 200 valence electrons. The lowest BCUT2D eigenvalue weighted by atomic mass is 9.97. The summed E-state index contributed by atoms with van der Waals surface area (Å²) in [5, 5.41) is 8.03. The van der Waals surface area contributed by atoms with Gasteiger partial charge < -0.3 is 5.32 Å². The molecule has 0 bridgehead atoms. The second kappa shape index (κ2) is 12.6. The van der Waals surface area contributed by atoms with E-state index in [1.807, 2.05) is 22.8 Å². The van der Waals surface area contributed by atoms with Crippen LogP contribution in [0.3, 0.4) is 0 Å². The number of anilines is 1. The number of aromatic nitrogens is 1. The fourth-order valence-corrected chi connectivity index (χ4v) is 4.45. The first kappa shape index (κ1) is 30.3. The van der Waals surface area contributed by atoms with E-state index in [0.717, 1.165) is 22.5 Å². The number of sulfonamides is 1. The van der Waals surface area contributed by atoms with E-state index >= 15 is 0 Å². The van der Waals surface area contributed by atoms with Gasteiger partial charge in [-0.05, 0) is 23.3 Å². The lowest BCUT2D eigenvalue weighted by Crippen LogP contribution is -2.68. The Hall–Kier alpha value is -2.90. The van der Waals surface area contributed by atoms with E-state index in [1.54, 1.807) is 12.1 Å². The van der Waals surface area contributed by atoms with Gasteiger partial charge in [0.1, 0.15) is 4.90 Å². The van der Waals surface area contributed by atoms with Crippen LogP contribution in [0.25, 0.3) is 11.1 Å². The first-order chi connectivity index (χ1) is 17.1. The molecule has 1 aromatic heterocycles. The first-order valence-electron chi connectivity index (χ1n) is 11.2. The molecular weight excluding hydrogens is 522 g/mol. The summed E-state index contributed by atoms with van der Waals surface area (Å²) >= 11 is 0. The first-order valence-corrected chi connectivity index (χ1v) is 14.0. The van der Waals surface area contributed by atoms with Gasteiger partial charge in [-0.25, -0.2) is 32.2 Å². The molecule has 0 aliphatic heterocycles. The van der Waals surface area contributed by atoms with Crippen molar-refractivity contribution in [3.63, 3.8) is 0 Å². The Kier molecular flexibility index (Phi) is 10.3. The van der Waals surface area contributed by atoms with Gasteiger partial charge in [-0.3, -0.25) is 4.79 Å². The third-order valence-corrected chi connectivity index (χ3v) is 6.26. The number of nitrogens with one attached hydrogen (secondary N) is 1. The van der Waals surface area contributed by atoms with Gasteiger partial charge in [0.2, 0.25) is 16.6 Å². The molecule has 2 aromatic carbocycles. The van der Waals surface area contributed by atoms with Crippen molar-refractivity contribution in [3.8, 4) is 11.1 Å². The van der Waals surface area contributed by atoms with Crippen molar-refractivity contribution in [2.75, 3.05) is 5.32 Å². The van der Waals surface area contributed by atoms with Gasteiger partial charge in [0.25, 0.3) is 5.91 Å². The number of amides is 1. The normalized spacial score (nSPS) is 11.8. The lowest BCUT2D eigenvalue weighted by molar-refractivity contribution is -2.00. The van der Waals surface area contributed by atoms with Crippen LogP contribution in [0.15, 0.2) is 71.6 Å². The quantitative estimate of drug-likeness (QED) is 0.367. The van der Waals surface area contributed by atoms with Crippen LogP contribution in [-0.2, 0) is 21.4 Å². The van der Waals surface area contributed by atoms with Gasteiger partial charge in [-0.2, -0.15) is 4.57 Å². The molecule has 3 aromatic rings. The number of carbonyl (C=O) groups is 1. The molecule has 0 saturated carbocycles. The van der Waals surface area contributed by atoms with Crippen molar-refractivity contribution in [1.29, 1.82) is 0 Å². The molecule has 3 N–H and O–H groups in total. The highest BCUT2D eigenvalue weighted by Crippen LogP contribution is 2.26. The Morgan fingerprint density at radius 3 is 1.78 bits per heavy atom. The molecule has 0 unspecified atom stereocenters. The molecule has 0 atom stereocenters. The molecule has 10 nitrogen and oxygen atoms in total. The summed E-state index contributed by atoms with van der Waals surface area (Å²) in [6, 6.07) is 20.5. The maximum Gasteiger partial charge on any atom is 0.290 e. The Morgan fingerprint density at radius 1 is 0.865 bits per heavy atom. The number of rotatable bonds is 7. The molecule has 0 saturated heterocycles. The minimum atomic E-state index is -4.94. The summed E-state index contributed by atoms with van der Waals surface area (Å²) in [4.78, 5) is 12.9. The maximum atomic E-state index is 13.0. The lowest BCUT2D eigenvalue weighted by Gasteiger charge is -2.17. The molecule has 37 heavy (non-hydrogen) atoms. The van der Waals surface area contributed by atoms with E-state index in [2.05, 4.69) is 57.3 Å². The highest BCUT2D eigenvalue weighted by molar-refractivity contribution is 7.89. The number of nitrogens with two attached hydrogens (primary N) is 1. The van der Waals surface area contributed by atoms with Gasteiger partial charge in [-0.15, -0.1) is 10.2 Å². The fraction of sp³-hybridized carbons (Fsp3) is 0.280. The Balaban J connectivity index is 0.000000877. The average molecular weight is 552 g/mol. The predicted molar refractivity (Wildman–Crippen MR) is 127 cm³/mol. The monoisotopic (exact) mass is 551 g/mol. The molecule has 0 spiro atoms. The van der Waals surface area contributed by atoms with Crippen LogP contribution in [0.4, 0.5) is 5.69 Å². The smallest absolute Gasteiger partial charge is 0.290 e. The van der Waals surface area contributed by atoms with Crippen LogP contribution < -0.4 is 33.7 Å². The van der Waals surface area contributed by atoms with Crippen molar-refractivity contribution >= 4 is 21.6 Å². The summed E-state index contributed by atoms with van der Waals surface area (Å²) < 4.78 is 59.7. The highest BCUT2D eigenvalue weighted by atomic mass is 35.7. The van der Waals surface area contributed by atoms with E-state index in [4.69, 9.17) is 23.8 Å². The number of halogens is 1. The van der Waals surface area contributed by atoms with E-state index in [1.165, 1.54) is 12.1 Å². The minimum Gasteiger partial charge on any atom is -0.319 e. The standard InChI is InChI=1S/C25H29N3O3S.ClHO4/c1-17(2)22-14-20(19-10-6-5-7-11-19)15-23(18(3)4)28(22)16-25(29)27-21-12-8-9-13-24(21)32(26,30)31;2-1(3,4)5/h5-15,17-18H,16H2,1-4H3,(H2-,26,27,29,30,31);(H,2,3,4,5). The van der Waals surface area contributed by atoms with Crippen LogP contribution in [0.5, 0.6) is 0 Å². The average Bonchev–Trinajstić information content (AvgIpc) is 2.78. The molecule has 1 amide bonds. The second-order valence-electron chi connectivity index (χ2n) is 8.82. The van der Waals surface area contributed by atoms with Crippen LogP contribution in [0.2, 0.25) is 0 Å². The SMILES string of the molecule is CC(C)c1cc(-c2ccccc2)cc(C(C)C)[n+]1CC(=O)Nc1ccccc1S(N)(=O)=O.[O-][Cl+3]([O-])([O-])[O-]. The zero-order chi connectivity index (χ0) is 28.0. The number of carbonyl (C=O) groups excluding carboxylic acids is 1. The predicted octanol–water partition coefficient (Wildman–Crippen LogP) is -0.582. The molecular formula is C25H30ClN3O7S. The molecule has 1 heterocycles. The van der Waals surface area contributed by atoms with Gasteiger partial charge >= 0.3 is 0 Å². The third kappa shape index (κ3) is 9.48. The number of para-hydroxylation sites is 1. The van der Waals surface area contributed by atoms with Crippen molar-refractivity contribution in [3.05, 3.63) is 78.1 Å². The molecule has 12 heteroatoms. The minimum absolute atomic E-state index is 0.0645. The number of hydrogen-bond donors (Lipinski definition) is 2. The molecule has 0 fully saturated rings. The number of nitrogens with zero attached hydrogens (tertiary/aromatic N) is 1.